The minimum atomic E-state index is -0.448. The van der Waals surface area contributed by atoms with Crippen molar-refractivity contribution in [2.75, 3.05) is 31.0 Å². The van der Waals surface area contributed by atoms with E-state index in [4.69, 9.17) is 4.74 Å². The van der Waals surface area contributed by atoms with E-state index in [1.807, 2.05) is 0 Å². The van der Waals surface area contributed by atoms with Crippen LogP contribution in [-0.2, 0) is 19.1 Å². The number of rotatable bonds is 4. The van der Waals surface area contributed by atoms with Crippen molar-refractivity contribution in [3.63, 3.8) is 0 Å². The van der Waals surface area contributed by atoms with Crippen LogP contribution in [0.15, 0.2) is 18.2 Å². The molecule has 1 N–H and O–H groups in total. The van der Waals surface area contributed by atoms with Gasteiger partial charge in [-0.15, -0.1) is 0 Å². The summed E-state index contributed by atoms with van der Waals surface area (Å²) in [6, 6.07) is 5.12. The molecule has 1 aromatic carbocycles. The summed E-state index contributed by atoms with van der Waals surface area (Å²) >= 11 is 0. The van der Waals surface area contributed by atoms with Gasteiger partial charge in [-0.2, -0.15) is 0 Å². The second kappa shape index (κ2) is 6.25. The number of anilines is 2. The van der Waals surface area contributed by atoms with Gasteiger partial charge < -0.3 is 19.7 Å². The van der Waals surface area contributed by atoms with E-state index in [0.717, 1.165) is 0 Å². The van der Waals surface area contributed by atoms with Gasteiger partial charge in [0.25, 0.3) is 5.91 Å². The molecule has 0 saturated carbocycles. The number of hydrogen-bond donors (Lipinski definition) is 1. The molecule has 7 nitrogen and oxygen atoms in total. The fraction of sp³-hybridized carbons (Fsp3) is 0.357. The third kappa shape index (κ3) is 3.31. The lowest BCUT2D eigenvalue weighted by atomic mass is 10.2. The number of ether oxygens (including phenoxy) is 2. The van der Waals surface area contributed by atoms with Crippen LogP contribution in [0.2, 0.25) is 0 Å². The number of carbonyl (C=O) groups excluding carboxylic acids is 3. The number of nitrogens with zero attached hydrogens (tertiary/aromatic N) is 1. The maximum atomic E-state index is 11.8. The Hall–Kier alpha value is -2.57. The lowest BCUT2D eigenvalue weighted by Crippen LogP contribution is -2.36. The zero-order valence-corrected chi connectivity index (χ0v) is 11.8. The summed E-state index contributed by atoms with van der Waals surface area (Å²) in [6.07, 6.45) is 0.0114. The predicted octanol–water partition coefficient (Wildman–Crippen LogP) is 0.933. The predicted molar refractivity (Wildman–Crippen MR) is 75.2 cm³/mol. The van der Waals surface area contributed by atoms with Gasteiger partial charge in [0.1, 0.15) is 11.4 Å². The highest BCUT2D eigenvalue weighted by atomic mass is 16.5. The van der Waals surface area contributed by atoms with Crippen molar-refractivity contribution in [1.29, 1.82) is 0 Å². The molecular formula is C14H16N2O5. The van der Waals surface area contributed by atoms with Crippen LogP contribution in [0.1, 0.15) is 12.8 Å². The first-order valence-corrected chi connectivity index (χ1v) is 6.42. The zero-order valence-electron chi connectivity index (χ0n) is 11.8. The van der Waals surface area contributed by atoms with Gasteiger partial charge in [-0.3, -0.25) is 14.4 Å². The molecule has 112 valence electrons. The first-order valence-electron chi connectivity index (χ1n) is 6.42. The maximum absolute atomic E-state index is 11.8. The van der Waals surface area contributed by atoms with E-state index >= 15 is 0 Å². The standard InChI is InChI=1S/C14H16N2O5/c1-16-12(18)8-21-10-5-3-4-9(14(10)16)15-11(17)6-7-13(19)20-2/h3-5H,6-8H2,1-2H3,(H,15,17). The van der Waals surface area contributed by atoms with E-state index < -0.39 is 5.97 Å². The van der Waals surface area contributed by atoms with Crippen molar-refractivity contribution >= 4 is 29.2 Å². The fourth-order valence-corrected chi connectivity index (χ4v) is 1.98. The summed E-state index contributed by atoms with van der Waals surface area (Å²) in [5.41, 5.74) is 0.984. The molecule has 0 bridgehead atoms. The lowest BCUT2D eigenvalue weighted by Gasteiger charge is -2.28. The normalized spacial score (nSPS) is 13.2. The highest BCUT2D eigenvalue weighted by Crippen LogP contribution is 2.37. The van der Waals surface area contributed by atoms with E-state index in [2.05, 4.69) is 10.1 Å². The zero-order chi connectivity index (χ0) is 15.4. The quantitative estimate of drug-likeness (QED) is 0.835. The van der Waals surface area contributed by atoms with Crippen molar-refractivity contribution in [2.24, 2.45) is 0 Å². The summed E-state index contributed by atoms with van der Waals surface area (Å²) in [5, 5.41) is 2.68. The molecule has 0 aliphatic carbocycles. The van der Waals surface area contributed by atoms with Crippen molar-refractivity contribution in [3.8, 4) is 5.75 Å². The Bertz CT molecular complexity index is 585. The Kier molecular flexibility index (Phi) is 4.42. The molecule has 1 aliphatic heterocycles. The van der Waals surface area contributed by atoms with Crippen LogP contribution in [0.5, 0.6) is 5.75 Å². The van der Waals surface area contributed by atoms with Gasteiger partial charge in [0.15, 0.2) is 6.61 Å². The number of benzene rings is 1. The summed E-state index contributed by atoms with van der Waals surface area (Å²) in [6.45, 7) is -0.0246. The topological polar surface area (TPSA) is 84.9 Å². The van der Waals surface area contributed by atoms with Crippen molar-refractivity contribution in [1.82, 2.24) is 0 Å². The molecule has 0 radical (unpaired) electrons. The maximum Gasteiger partial charge on any atom is 0.306 e. The molecule has 0 unspecified atom stereocenters. The van der Waals surface area contributed by atoms with Crippen molar-refractivity contribution < 1.29 is 23.9 Å². The van der Waals surface area contributed by atoms with Gasteiger partial charge in [-0.25, -0.2) is 0 Å². The van der Waals surface area contributed by atoms with Crippen LogP contribution < -0.4 is 15.0 Å². The van der Waals surface area contributed by atoms with Gasteiger partial charge in [0, 0.05) is 13.5 Å². The van der Waals surface area contributed by atoms with E-state index in [9.17, 15) is 14.4 Å². The molecule has 0 spiro atoms. The third-order valence-electron chi connectivity index (χ3n) is 3.12. The molecule has 2 rings (SSSR count). The SMILES string of the molecule is COC(=O)CCC(=O)Nc1cccc2c1N(C)C(=O)CO2. The first kappa shape index (κ1) is 14.8. The molecule has 0 atom stereocenters. The van der Waals surface area contributed by atoms with Crippen LogP contribution in [0, 0.1) is 0 Å². The number of nitrogens with one attached hydrogen (secondary N) is 1. The molecular weight excluding hydrogens is 276 g/mol. The van der Waals surface area contributed by atoms with Crippen LogP contribution in [0.25, 0.3) is 0 Å². The average molecular weight is 292 g/mol. The molecule has 2 amide bonds. The molecule has 21 heavy (non-hydrogen) atoms. The summed E-state index contributed by atoms with van der Waals surface area (Å²) in [7, 11) is 2.89. The summed E-state index contributed by atoms with van der Waals surface area (Å²) < 4.78 is 9.81. The third-order valence-corrected chi connectivity index (χ3v) is 3.12. The van der Waals surface area contributed by atoms with Gasteiger partial charge in [-0.1, -0.05) is 6.07 Å². The van der Waals surface area contributed by atoms with Crippen LogP contribution in [-0.4, -0.2) is 38.5 Å². The number of likely N-dealkylation sites (N-methyl/N-ethyl adjacent to an activating group) is 1. The van der Waals surface area contributed by atoms with E-state index in [1.54, 1.807) is 25.2 Å². The van der Waals surface area contributed by atoms with E-state index in [1.165, 1.54) is 12.0 Å². The molecule has 0 aromatic heterocycles. The van der Waals surface area contributed by atoms with Crippen molar-refractivity contribution in [3.05, 3.63) is 18.2 Å². The number of amides is 2. The van der Waals surface area contributed by atoms with Gasteiger partial charge in [-0.05, 0) is 12.1 Å². The number of para-hydroxylation sites is 1. The minimum Gasteiger partial charge on any atom is -0.481 e. The van der Waals surface area contributed by atoms with E-state index in [-0.39, 0.29) is 31.3 Å². The van der Waals surface area contributed by atoms with Crippen LogP contribution in [0.4, 0.5) is 11.4 Å². The number of fused-ring (bicyclic) bond motifs is 1. The number of hydrogen-bond acceptors (Lipinski definition) is 5. The molecule has 0 fully saturated rings. The van der Waals surface area contributed by atoms with Crippen LogP contribution >= 0.6 is 0 Å². The molecule has 1 aromatic rings. The van der Waals surface area contributed by atoms with E-state index in [0.29, 0.717) is 17.1 Å². The second-order valence-electron chi connectivity index (χ2n) is 4.52. The molecule has 1 heterocycles. The molecule has 1 aliphatic rings. The fourth-order valence-electron chi connectivity index (χ4n) is 1.98. The summed E-state index contributed by atoms with van der Waals surface area (Å²) in [4.78, 5) is 36.0. The average Bonchev–Trinajstić information content (AvgIpc) is 2.48. The largest absolute Gasteiger partial charge is 0.481 e. The van der Waals surface area contributed by atoms with Gasteiger partial charge in [0.05, 0.1) is 19.2 Å². The monoisotopic (exact) mass is 292 g/mol. The Morgan fingerprint density at radius 3 is 2.86 bits per heavy atom. The highest BCUT2D eigenvalue weighted by Gasteiger charge is 2.25. The smallest absolute Gasteiger partial charge is 0.306 e. The number of methoxy groups -OCH3 is 1. The highest BCUT2D eigenvalue weighted by molar-refractivity contribution is 6.04. The Morgan fingerprint density at radius 1 is 1.38 bits per heavy atom. The van der Waals surface area contributed by atoms with Gasteiger partial charge >= 0.3 is 5.97 Å². The molecule has 7 heteroatoms. The number of carbonyl (C=O) groups is 3. The Balaban J connectivity index is 2.12. The Labute approximate surface area is 121 Å². The Morgan fingerprint density at radius 2 is 2.14 bits per heavy atom. The first-order chi connectivity index (χ1) is 10.0. The number of esters is 1. The van der Waals surface area contributed by atoms with Crippen molar-refractivity contribution in [2.45, 2.75) is 12.8 Å². The van der Waals surface area contributed by atoms with Crippen LogP contribution in [0.3, 0.4) is 0 Å². The second-order valence-corrected chi connectivity index (χ2v) is 4.52. The lowest BCUT2D eigenvalue weighted by molar-refractivity contribution is -0.141. The molecule has 0 saturated heterocycles. The summed E-state index contributed by atoms with van der Waals surface area (Å²) in [5.74, 6) is -0.447. The minimum absolute atomic E-state index is 0.00261. The van der Waals surface area contributed by atoms with Gasteiger partial charge in [0.2, 0.25) is 5.91 Å².